The Labute approximate surface area is 79.0 Å². The maximum absolute atomic E-state index is 5.80. The van der Waals surface area contributed by atoms with Gasteiger partial charge in [0.05, 0.1) is 5.76 Å². The summed E-state index contributed by atoms with van der Waals surface area (Å²) in [6.07, 6.45) is 3.12. The van der Waals surface area contributed by atoms with Gasteiger partial charge in [0.1, 0.15) is 5.60 Å². The predicted molar refractivity (Wildman–Crippen MR) is 53.3 cm³/mol. The van der Waals surface area contributed by atoms with Gasteiger partial charge >= 0.3 is 0 Å². The average molecular weight is 174 g/mol. The average Bonchev–Trinajstić information content (AvgIpc) is 2.49. The van der Waals surface area contributed by atoms with Crippen molar-refractivity contribution in [2.45, 2.75) is 25.9 Å². The Morgan fingerprint density at radius 3 is 2.46 bits per heavy atom. The van der Waals surface area contributed by atoms with Crippen molar-refractivity contribution < 1.29 is 4.74 Å². The molecule has 0 aromatic heterocycles. The lowest BCUT2D eigenvalue weighted by atomic mass is 9.94. The standard InChI is InChI=1S/C12H14O/c1-10-8-9-12(2,13-10)11-6-4-3-5-7-11/h3-8H,9H2,1-2H3. The molecule has 13 heavy (non-hydrogen) atoms. The molecule has 0 spiro atoms. The quantitative estimate of drug-likeness (QED) is 0.635. The Morgan fingerprint density at radius 1 is 1.23 bits per heavy atom. The fourth-order valence-electron chi connectivity index (χ4n) is 1.74. The molecule has 1 atom stereocenters. The number of rotatable bonds is 1. The summed E-state index contributed by atoms with van der Waals surface area (Å²) in [5.41, 5.74) is 1.12. The van der Waals surface area contributed by atoms with Crippen molar-refractivity contribution in [3.05, 3.63) is 47.7 Å². The molecule has 1 aliphatic heterocycles. The highest BCUT2D eigenvalue weighted by Crippen LogP contribution is 2.36. The van der Waals surface area contributed by atoms with E-state index in [1.165, 1.54) is 5.56 Å². The smallest absolute Gasteiger partial charge is 0.134 e. The molecule has 1 heterocycles. The lowest BCUT2D eigenvalue weighted by molar-refractivity contribution is 0.0415. The van der Waals surface area contributed by atoms with Crippen LogP contribution in [0.25, 0.3) is 0 Å². The third-order valence-electron chi connectivity index (χ3n) is 2.55. The van der Waals surface area contributed by atoms with Crippen LogP contribution in [0.15, 0.2) is 42.2 Å². The van der Waals surface area contributed by atoms with Crippen molar-refractivity contribution in [2.24, 2.45) is 0 Å². The van der Waals surface area contributed by atoms with Gasteiger partial charge in [-0.2, -0.15) is 0 Å². The van der Waals surface area contributed by atoms with E-state index in [1.807, 2.05) is 13.0 Å². The van der Waals surface area contributed by atoms with Gasteiger partial charge in [-0.3, -0.25) is 0 Å². The van der Waals surface area contributed by atoms with Crippen LogP contribution in [-0.2, 0) is 10.3 Å². The van der Waals surface area contributed by atoms with Crippen LogP contribution in [-0.4, -0.2) is 0 Å². The summed E-state index contributed by atoms with van der Waals surface area (Å²) in [5.74, 6) is 1.03. The fourth-order valence-corrected chi connectivity index (χ4v) is 1.74. The van der Waals surface area contributed by atoms with E-state index in [4.69, 9.17) is 4.74 Å². The molecule has 2 rings (SSSR count). The largest absolute Gasteiger partial charge is 0.488 e. The summed E-state index contributed by atoms with van der Waals surface area (Å²) in [7, 11) is 0. The number of hydrogen-bond acceptors (Lipinski definition) is 1. The van der Waals surface area contributed by atoms with Crippen LogP contribution in [0.1, 0.15) is 25.8 Å². The first kappa shape index (κ1) is 8.36. The molecule has 0 saturated heterocycles. The molecule has 0 bridgehead atoms. The topological polar surface area (TPSA) is 9.23 Å². The van der Waals surface area contributed by atoms with Gasteiger partial charge in [-0.25, -0.2) is 0 Å². The molecule has 1 heteroatoms. The van der Waals surface area contributed by atoms with Crippen molar-refractivity contribution in [1.29, 1.82) is 0 Å². The molecule has 1 aliphatic rings. The van der Waals surface area contributed by atoms with Crippen molar-refractivity contribution in [3.8, 4) is 0 Å². The summed E-state index contributed by atoms with van der Waals surface area (Å²) < 4.78 is 5.80. The fraction of sp³-hybridized carbons (Fsp3) is 0.333. The third-order valence-corrected chi connectivity index (χ3v) is 2.55. The van der Waals surface area contributed by atoms with Crippen LogP contribution in [0.5, 0.6) is 0 Å². The van der Waals surface area contributed by atoms with E-state index in [-0.39, 0.29) is 5.60 Å². The first-order valence-corrected chi connectivity index (χ1v) is 4.62. The SMILES string of the molecule is CC1=CCC(C)(c2ccccc2)O1. The van der Waals surface area contributed by atoms with E-state index in [2.05, 4.69) is 37.3 Å². The summed E-state index contributed by atoms with van der Waals surface area (Å²) in [4.78, 5) is 0. The number of ether oxygens (including phenoxy) is 1. The van der Waals surface area contributed by atoms with Crippen LogP contribution in [0.3, 0.4) is 0 Å². The molecule has 0 saturated carbocycles. The summed E-state index contributed by atoms with van der Waals surface area (Å²) in [6.45, 7) is 4.14. The van der Waals surface area contributed by atoms with Gasteiger partial charge < -0.3 is 4.74 Å². The Kier molecular flexibility index (Phi) is 1.87. The zero-order valence-electron chi connectivity index (χ0n) is 8.08. The monoisotopic (exact) mass is 174 g/mol. The van der Waals surface area contributed by atoms with Gasteiger partial charge in [-0.1, -0.05) is 30.3 Å². The molecule has 1 nitrogen and oxygen atoms in total. The molecular weight excluding hydrogens is 160 g/mol. The second-order valence-electron chi connectivity index (χ2n) is 3.72. The van der Waals surface area contributed by atoms with E-state index < -0.39 is 0 Å². The Balaban J connectivity index is 2.28. The van der Waals surface area contributed by atoms with E-state index in [0.717, 1.165) is 12.2 Å². The number of allylic oxidation sites excluding steroid dienone is 1. The van der Waals surface area contributed by atoms with Crippen molar-refractivity contribution in [3.63, 3.8) is 0 Å². The molecule has 0 aliphatic carbocycles. The van der Waals surface area contributed by atoms with Gasteiger partial charge in [0.25, 0.3) is 0 Å². The van der Waals surface area contributed by atoms with Crippen molar-refractivity contribution in [1.82, 2.24) is 0 Å². The van der Waals surface area contributed by atoms with Crippen LogP contribution >= 0.6 is 0 Å². The van der Waals surface area contributed by atoms with Crippen LogP contribution in [0, 0.1) is 0 Å². The van der Waals surface area contributed by atoms with Gasteiger partial charge in [-0.05, 0) is 25.5 Å². The summed E-state index contributed by atoms with van der Waals surface area (Å²) in [5, 5.41) is 0. The molecule has 1 aromatic rings. The van der Waals surface area contributed by atoms with Gasteiger partial charge in [-0.15, -0.1) is 0 Å². The summed E-state index contributed by atoms with van der Waals surface area (Å²) >= 11 is 0. The molecular formula is C12H14O. The molecule has 0 amide bonds. The minimum Gasteiger partial charge on any atom is -0.488 e. The number of benzene rings is 1. The zero-order valence-corrected chi connectivity index (χ0v) is 8.08. The van der Waals surface area contributed by atoms with E-state index in [0.29, 0.717) is 0 Å². The molecule has 0 fully saturated rings. The molecule has 1 aromatic carbocycles. The van der Waals surface area contributed by atoms with Crippen molar-refractivity contribution in [2.75, 3.05) is 0 Å². The van der Waals surface area contributed by atoms with Crippen LogP contribution in [0.2, 0.25) is 0 Å². The van der Waals surface area contributed by atoms with Gasteiger partial charge in [0.15, 0.2) is 0 Å². The van der Waals surface area contributed by atoms with E-state index >= 15 is 0 Å². The van der Waals surface area contributed by atoms with Crippen molar-refractivity contribution >= 4 is 0 Å². The highest BCUT2D eigenvalue weighted by Gasteiger charge is 2.31. The minimum absolute atomic E-state index is 0.134. The Bertz CT molecular complexity index is 326. The second kappa shape index (κ2) is 2.91. The molecule has 0 radical (unpaired) electrons. The Morgan fingerprint density at radius 2 is 1.92 bits per heavy atom. The number of hydrogen-bond donors (Lipinski definition) is 0. The second-order valence-corrected chi connectivity index (χ2v) is 3.72. The third kappa shape index (κ3) is 1.46. The van der Waals surface area contributed by atoms with Crippen LogP contribution in [0.4, 0.5) is 0 Å². The minimum atomic E-state index is -0.134. The summed E-state index contributed by atoms with van der Waals surface area (Å²) in [6, 6.07) is 10.4. The van der Waals surface area contributed by atoms with E-state index in [1.54, 1.807) is 0 Å². The highest BCUT2D eigenvalue weighted by molar-refractivity contribution is 5.25. The highest BCUT2D eigenvalue weighted by atomic mass is 16.5. The normalized spacial score (nSPS) is 26.8. The van der Waals surface area contributed by atoms with E-state index in [9.17, 15) is 0 Å². The lowest BCUT2D eigenvalue weighted by Crippen LogP contribution is -2.20. The first-order valence-electron chi connectivity index (χ1n) is 4.62. The predicted octanol–water partition coefficient (Wildman–Crippen LogP) is 3.23. The zero-order chi connectivity index (χ0) is 9.31. The maximum Gasteiger partial charge on any atom is 0.134 e. The molecule has 0 N–H and O–H groups in total. The first-order chi connectivity index (χ1) is 6.21. The van der Waals surface area contributed by atoms with Gasteiger partial charge in [0.2, 0.25) is 0 Å². The lowest BCUT2D eigenvalue weighted by Gasteiger charge is -2.25. The van der Waals surface area contributed by atoms with Crippen LogP contribution < -0.4 is 0 Å². The van der Waals surface area contributed by atoms with Gasteiger partial charge in [0, 0.05) is 6.42 Å². The molecule has 1 unspecified atom stereocenters. The molecule has 68 valence electrons. The maximum atomic E-state index is 5.80. The Hall–Kier alpha value is -1.24.